The van der Waals surface area contributed by atoms with Gasteiger partial charge in [0, 0.05) is 25.8 Å². The molecule has 1 saturated heterocycles. The van der Waals surface area contributed by atoms with Gasteiger partial charge >= 0.3 is 0 Å². The molecule has 1 atom stereocenters. The molecule has 0 saturated carbocycles. The minimum atomic E-state index is -0.0536. The normalized spacial score (nSPS) is 23.0. The highest BCUT2D eigenvalue weighted by molar-refractivity contribution is 5.46. The van der Waals surface area contributed by atoms with E-state index in [4.69, 9.17) is 4.74 Å². The van der Waals surface area contributed by atoms with Crippen LogP contribution >= 0.6 is 0 Å². The second kappa shape index (κ2) is 6.00. The van der Waals surface area contributed by atoms with Crippen LogP contribution in [0.5, 0.6) is 0 Å². The largest absolute Gasteiger partial charge is 0.373 e. The Hall–Kier alpha value is -1.36. The molecular weight excluding hydrogens is 228 g/mol. The van der Waals surface area contributed by atoms with E-state index in [1.54, 1.807) is 6.33 Å². The number of hydrogen-bond donors (Lipinski definition) is 2. The van der Waals surface area contributed by atoms with Crippen molar-refractivity contribution >= 4 is 11.6 Å². The van der Waals surface area contributed by atoms with Gasteiger partial charge in [-0.05, 0) is 26.2 Å². The van der Waals surface area contributed by atoms with Crippen LogP contribution in [-0.2, 0) is 4.74 Å². The zero-order valence-electron chi connectivity index (χ0n) is 11.2. The van der Waals surface area contributed by atoms with E-state index in [2.05, 4.69) is 34.4 Å². The van der Waals surface area contributed by atoms with E-state index >= 15 is 0 Å². The molecule has 0 aliphatic carbocycles. The van der Waals surface area contributed by atoms with Crippen LogP contribution in [0.25, 0.3) is 0 Å². The fraction of sp³-hybridized carbons (Fsp3) is 0.692. The van der Waals surface area contributed by atoms with Gasteiger partial charge in [-0.2, -0.15) is 0 Å². The van der Waals surface area contributed by atoms with E-state index < -0.39 is 0 Å². The summed E-state index contributed by atoms with van der Waals surface area (Å²) in [6, 6.07) is 1.94. The summed E-state index contributed by atoms with van der Waals surface area (Å²) in [6.07, 6.45) is 4.91. The van der Waals surface area contributed by atoms with Crippen LogP contribution < -0.4 is 10.6 Å². The highest BCUT2D eigenvalue weighted by Gasteiger charge is 2.29. The summed E-state index contributed by atoms with van der Waals surface area (Å²) in [5, 5.41) is 6.58. The standard InChI is InChI=1S/C13H22N4O/c1-3-6-14-11-8-12(17-10-16-11)15-9-13(2)5-4-7-18-13/h8,10H,3-7,9H2,1-2H3,(H2,14,15,16,17). The first-order valence-corrected chi connectivity index (χ1v) is 6.66. The third-order valence-corrected chi connectivity index (χ3v) is 3.17. The van der Waals surface area contributed by atoms with Gasteiger partial charge in [-0.15, -0.1) is 0 Å². The van der Waals surface area contributed by atoms with E-state index in [0.717, 1.165) is 50.6 Å². The van der Waals surface area contributed by atoms with Crippen molar-refractivity contribution in [2.75, 3.05) is 30.3 Å². The first-order valence-electron chi connectivity index (χ1n) is 6.66. The fourth-order valence-corrected chi connectivity index (χ4v) is 2.06. The van der Waals surface area contributed by atoms with Crippen molar-refractivity contribution in [1.82, 2.24) is 9.97 Å². The second-order valence-corrected chi connectivity index (χ2v) is 4.97. The van der Waals surface area contributed by atoms with E-state index in [1.807, 2.05) is 6.07 Å². The van der Waals surface area contributed by atoms with Gasteiger partial charge in [0.15, 0.2) is 0 Å². The van der Waals surface area contributed by atoms with Crippen LogP contribution in [0, 0.1) is 0 Å². The van der Waals surface area contributed by atoms with Crippen molar-refractivity contribution in [1.29, 1.82) is 0 Å². The third-order valence-electron chi connectivity index (χ3n) is 3.17. The Kier molecular flexibility index (Phi) is 4.36. The topological polar surface area (TPSA) is 59.1 Å². The molecule has 0 aromatic carbocycles. The highest BCUT2D eigenvalue weighted by atomic mass is 16.5. The maximum Gasteiger partial charge on any atom is 0.131 e. The van der Waals surface area contributed by atoms with Crippen LogP contribution in [0.15, 0.2) is 12.4 Å². The summed E-state index contributed by atoms with van der Waals surface area (Å²) >= 11 is 0. The second-order valence-electron chi connectivity index (χ2n) is 4.97. The number of nitrogens with one attached hydrogen (secondary N) is 2. The molecule has 1 unspecified atom stereocenters. The molecule has 100 valence electrons. The predicted octanol–water partition coefficient (Wildman–Crippen LogP) is 2.28. The molecule has 2 N–H and O–H groups in total. The first-order chi connectivity index (χ1) is 8.72. The summed E-state index contributed by atoms with van der Waals surface area (Å²) in [4.78, 5) is 8.40. The molecule has 1 aromatic rings. The SMILES string of the molecule is CCCNc1cc(NCC2(C)CCCO2)ncn1. The Morgan fingerprint density at radius 2 is 2.11 bits per heavy atom. The van der Waals surface area contributed by atoms with Crippen molar-refractivity contribution in [3.63, 3.8) is 0 Å². The molecule has 0 bridgehead atoms. The lowest BCUT2D eigenvalue weighted by atomic mass is 10.0. The smallest absolute Gasteiger partial charge is 0.131 e. The number of nitrogens with zero attached hydrogens (tertiary/aromatic N) is 2. The maximum absolute atomic E-state index is 5.74. The summed E-state index contributed by atoms with van der Waals surface area (Å²) in [5.41, 5.74) is -0.0536. The molecule has 18 heavy (non-hydrogen) atoms. The molecule has 1 fully saturated rings. The van der Waals surface area contributed by atoms with Crippen molar-refractivity contribution in [2.24, 2.45) is 0 Å². The molecule has 1 aromatic heterocycles. The Morgan fingerprint density at radius 3 is 2.78 bits per heavy atom. The first kappa shape index (κ1) is 13.1. The quantitative estimate of drug-likeness (QED) is 0.811. The van der Waals surface area contributed by atoms with Gasteiger partial charge in [0.05, 0.1) is 5.60 Å². The lowest BCUT2D eigenvalue weighted by Crippen LogP contribution is -2.32. The molecule has 5 heteroatoms. The zero-order chi connectivity index (χ0) is 12.8. The van der Waals surface area contributed by atoms with Crippen LogP contribution in [0.4, 0.5) is 11.6 Å². The van der Waals surface area contributed by atoms with Gasteiger partial charge in [0.1, 0.15) is 18.0 Å². The van der Waals surface area contributed by atoms with E-state index in [-0.39, 0.29) is 5.60 Å². The number of hydrogen-bond acceptors (Lipinski definition) is 5. The van der Waals surface area contributed by atoms with Gasteiger partial charge < -0.3 is 15.4 Å². The monoisotopic (exact) mass is 250 g/mol. The van der Waals surface area contributed by atoms with Crippen LogP contribution in [-0.4, -0.2) is 35.3 Å². The van der Waals surface area contributed by atoms with Crippen LogP contribution in [0.3, 0.4) is 0 Å². The zero-order valence-corrected chi connectivity index (χ0v) is 11.2. The van der Waals surface area contributed by atoms with E-state index in [0.29, 0.717) is 0 Å². The van der Waals surface area contributed by atoms with Crippen LogP contribution in [0.1, 0.15) is 33.1 Å². The number of ether oxygens (including phenoxy) is 1. The Bertz CT molecular complexity index is 377. The minimum Gasteiger partial charge on any atom is -0.373 e. The molecule has 0 spiro atoms. The lowest BCUT2D eigenvalue weighted by Gasteiger charge is -2.23. The summed E-state index contributed by atoms with van der Waals surface area (Å²) in [7, 11) is 0. The lowest BCUT2D eigenvalue weighted by molar-refractivity contribution is 0.0315. The molecule has 0 radical (unpaired) electrons. The van der Waals surface area contributed by atoms with Gasteiger partial charge in [0.25, 0.3) is 0 Å². The Labute approximate surface area is 108 Å². The summed E-state index contributed by atoms with van der Waals surface area (Å²) in [5.74, 6) is 1.71. The van der Waals surface area contributed by atoms with Gasteiger partial charge in [0.2, 0.25) is 0 Å². The summed E-state index contributed by atoms with van der Waals surface area (Å²) in [6.45, 7) is 6.86. The number of anilines is 2. The van der Waals surface area contributed by atoms with Gasteiger partial charge in [-0.1, -0.05) is 6.92 Å². The molecule has 2 heterocycles. The van der Waals surface area contributed by atoms with E-state index in [1.165, 1.54) is 0 Å². The third kappa shape index (κ3) is 3.57. The molecule has 0 amide bonds. The van der Waals surface area contributed by atoms with Crippen molar-refractivity contribution < 1.29 is 4.74 Å². The van der Waals surface area contributed by atoms with Crippen molar-refractivity contribution in [2.45, 2.75) is 38.7 Å². The average molecular weight is 250 g/mol. The number of rotatable bonds is 6. The maximum atomic E-state index is 5.74. The Balaban J connectivity index is 1.88. The minimum absolute atomic E-state index is 0.0536. The fourth-order valence-electron chi connectivity index (χ4n) is 2.06. The molecule has 2 rings (SSSR count). The average Bonchev–Trinajstić information content (AvgIpc) is 2.82. The predicted molar refractivity (Wildman–Crippen MR) is 72.9 cm³/mol. The van der Waals surface area contributed by atoms with Crippen LogP contribution in [0.2, 0.25) is 0 Å². The van der Waals surface area contributed by atoms with Gasteiger partial charge in [-0.25, -0.2) is 9.97 Å². The molecule has 5 nitrogen and oxygen atoms in total. The van der Waals surface area contributed by atoms with Gasteiger partial charge in [-0.3, -0.25) is 0 Å². The number of aromatic nitrogens is 2. The van der Waals surface area contributed by atoms with E-state index in [9.17, 15) is 0 Å². The summed E-state index contributed by atoms with van der Waals surface area (Å²) < 4.78 is 5.74. The highest BCUT2D eigenvalue weighted by Crippen LogP contribution is 2.25. The van der Waals surface area contributed by atoms with Crippen molar-refractivity contribution in [3.05, 3.63) is 12.4 Å². The molecular formula is C13H22N4O. The Morgan fingerprint density at radius 1 is 1.33 bits per heavy atom. The molecule has 1 aliphatic heterocycles. The van der Waals surface area contributed by atoms with Crippen molar-refractivity contribution in [3.8, 4) is 0 Å². The molecule has 1 aliphatic rings.